The van der Waals surface area contributed by atoms with Crippen molar-refractivity contribution in [3.05, 3.63) is 35.4 Å². The third kappa shape index (κ3) is 2.12. The molecule has 0 aliphatic carbocycles. The molecule has 1 aliphatic heterocycles. The molecule has 0 saturated carbocycles. The Morgan fingerprint density at radius 1 is 1.16 bits per heavy atom. The number of aliphatic carboxylic acids is 1. The van der Waals surface area contributed by atoms with E-state index >= 15 is 0 Å². The minimum Gasteiger partial charge on any atom is -0.480 e. The van der Waals surface area contributed by atoms with Gasteiger partial charge in [0.15, 0.2) is 0 Å². The molecule has 6 heteroatoms. The SMILES string of the molecule is CC(=O)CC(C(=O)O)N1C(=O)c2ccccc2C1=O. The second-order valence-corrected chi connectivity index (χ2v) is 4.29. The van der Waals surface area contributed by atoms with Crippen molar-refractivity contribution in [2.45, 2.75) is 19.4 Å². The zero-order valence-corrected chi connectivity index (χ0v) is 10.1. The van der Waals surface area contributed by atoms with Gasteiger partial charge in [-0.15, -0.1) is 0 Å². The van der Waals surface area contributed by atoms with E-state index in [0.29, 0.717) is 4.90 Å². The molecule has 0 radical (unpaired) electrons. The maximum Gasteiger partial charge on any atom is 0.327 e. The van der Waals surface area contributed by atoms with E-state index in [-0.39, 0.29) is 17.5 Å². The molecule has 98 valence electrons. The monoisotopic (exact) mass is 261 g/mol. The van der Waals surface area contributed by atoms with E-state index in [9.17, 15) is 19.2 Å². The van der Waals surface area contributed by atoms with E-state index in [1.165, 1.54) is 19.1 Å². The lowest BCUT2D eigenvalue weighted by molar-refractivity contribution is -0.143. The minimum absolute atomic E-state index is 0.169. The Kier molecular flexibility index (Phi) is 3.16. The molecular weight excluding hydrogens is 250 g/mol. The predicted octanol–water partition coefficient (Wildman–Crippen LogP) is 0.715. The van der Waals surface area contributed by atoms with Gasteiger partial charge < -0.3 is 5.11 Å². The zero-order chi connectivity index (χ0) is 14.2. The number of hydrogen-bond donors (Lipinski definition) is 1. The molecule has 6 nitrogen and oxygen atoms in total. The van der Waals surface area contributed by atoms with E-state index in [1.54, 1.807) is 12.1 Å². The lowest BCUT2D eigenvalue weighted by Crippen LogP contribution is -2.45. The maximum atomic E-state index is 12.1. The summed E-state index contributed by atoms with van der Waals surface area (Å²) in [5.74, 6) is -3.11. The van der Waals surface area contributed by atoms with E-state index in [0.717, 1.165) is 0 Å². The molecule has 1 aromatic carbocycles. The number of amides is 2. The molecule has 0 fully saturated rings. The largest absolute Gasteiger partial charge is 0.480 e. The Morgan fingerprint density at radius 2 is 1.63 bits per heavy atom. The van der Waals surface area contributed by atoms with Crippen LogP contribution in [0, 0.1) is 0 Å². The van der Waals surface area contributed by atoms with Gasteiger partial charge in [-0.3, -0.25) is 19.3 Å². The van der Waals surface area contributed by atoms with E-state index in [1.807, 2.05) is 0 Å². The highest BCUT2D eigenvalue weighted by atomic mass is 16.4. The zero-order valence-electron chi connectivity index (χ0n) is 10.1. The lowest BCUT2D eigenvalue weighted by Gasteiger charge is -2.21. The van der Waals surface area contributed by atoms with E-state index in [4.69, 9.17) is 5.11 Å². The standard InChI is InChI=1S/C13H11NO5/c1-7(15)6-10(13(18)19)14-11(16)8-4-2-3-5-9(8)12(14)17/h2-5,10H,6H2,1H3,(H,18,19). The number of benzene rings is 1. The first-order valence-electron chi connectivity index (χ1n) is 5.62. The number of rotatable bonds is 4. The van der Waals surface area contributed by atoms with Crippen molar-refractivity contribution < 1.29 is 24.3 Å². The van der Waals surface area contributed by atoms with Gasteiger partial charge in [-0.05, 0) is 19.1 Å². The average Bonchev–Trinajstić information content (AvgIpc) is 2.60. The van der Waals surface area contributed by atoms with Gasteiger partial charge in [-0.25, -0.2) is 4.79 Å². The fraction of sp³-hybridized carbons (Fsp3) is 0.231. The van der Waals surface area contributed by atoms with Gasteiger partial charge in [0.2, 0.25) is 0 Å². The Balaban J connectivity index is 2.42. The minimum atomic E-state index is -1.45. The van der Waals surface area contributed by atoms with Crippen LogP contribution in [0.15, 0.2) is 24.3 Å². The van der Waals surface area contributed by atoms with Crippen molar-refractivity contribution in [3.63, 3.8) is 0 Å². The summed E-state index contributed by atoms with van der Waals surface area (Å²) >= 11 is 0. The molecule has 1 aliphatic rings. The Hall–Kier alpha value is -2.50. The topological polar surface area (TPSA) is 91.8 Å². The third-order valence-electron chi connectivity index (χ3n) is 2.90. The van der Waals surface area contributed by atoms with Crippen molar-refractivity contribution in [2.24, 2.45) is 0 Å². The predicted molar refractivity (Wildman–Crippen MR) is 63.7 cm³/mol. The van der Waals surface area contributed by atoms with Crippen molar-refractivity contribution in [2.75, 3.05) is 0 Å². The van der Waals surface area contributed by atoms with Gasteiger partial charge in [0, 0.05) is 6.42 Å². The molecule has 0 saturated heterocycles. The first-order valence-corrected chi connectivity index (χ1v) is 5.62. The first kappa shape index (κ1) is 12.9. The van der Waals surface area contributed by atoms with Crippen LogP contribution in [-0.2, 0) is 9.59 Å². The maximum absolute atomic E-state index is 12.1. The van der Waals surface area contributed by atoms with Crippen LogP contribution in [0.5, 0.6) is 0 Å². The van der Waals surface area contributed by atoms with Gasteiger partial charge in [-0.2, -0.15) is 0 Å². The Morgan fingerprint density at radius 3 is 2.00 bits per heavy atom. The van der Waals surface area contributed by atoms with Crippen LogP contribution in [-0.4, -0.2) is 39.6 Å². The summed E-state index contributed by atoms with van der Waals surface area (Å²) < 4.78 is 0. The van der Waals surface area contributed by atoms with Crippen LogP contribution in [0.1, 0.15) is 34.1 Å². The first-order chi connectivity index (χ1) is 8.93. The molecule has 1 heterocycles. The highest BCUT2D eigenvalue weighted by Crippen LogP contribution is 2.25. The van der Waals surface area contributed by atoms with Crippen LogP contribution in [0.25, 0.3) is 0 Å². The van der Waals surface area contributed by atoms with Crippen molar-refractivity contribution in [1.82, 2.24) is 4.90 Å². The number of carboxylic acid groups (broad SMARTS) is 1. The van der Waals surface area contributed by atoms with Crippen LogP contribution in [0.3, 0.4) is 0 Å². The highest BCUT2D eigenvalue weighted by molar-refractivity contribution is 6.22. The van der Waals surface area contributed by atoms with Gasteiger partial charge >= 0.3 is 5.97 Å². The smallest absolute Gasteiger partial charge is 0.327 e. The number of Topliss-reactive ketones (excluding diaryl/α,β-unsaturated/α-hetero) is 1. The van der Waals surface area contributed by atoms with Gasteiger partial charge in [-0.1, -0.05) is 12.1 Å². The summed E-state index contributed by atoms with van der Waals surface area (Å²) in [6.45, 7) is 1.22. The summed E-state index contributed by atoms with van der Waals surface area (Å²) in [7, 11) is 0. The number of carbonyl (C=O) groups is 4. The molecule has 1 unspecified atom stereocenters. The summed E-state index contributed by atoms with van der Waals surface area (Å²) in [5.41, 5.74) is 0.338. The summed E-state index contributed by atoms with van der Waals surface area (Å²) in [4.78, 5) is 47.0. The van der Waals surface area contributed by atoms with Crippen molar-refractivity contribution >= 4 is 23.6 Å². The molecule has 1 atom stereocenters. The second kappa shape index (κ2) is 4.64. The average molecular weight is 261 g/mol. The van der Waals surface area contributed by atoms with Crippen molar-refractivity contribution in [3.8, 4) is 0 Å². The van der Waals surface area contributed by atoms with E-state index in [2.05, 4.69) is 0 Å². The van der Waals surface area contributed by atoms with Crippen LogP contribution in [0.2, 0.25) is 0 Å². The van der Waals surface area contributed by atoms with Crippen LogP contribution >= 0.6 is 0 Å². The summed E-state index contributed by atoms with van der Waals surface area (Å²) in [5, 5.41) is 9.10. The third-order valence-corrected chi connectivity index (χ3v) is 2.90. The normalized spacial score (nSPS) is 15.3. The molecule has 0 spiro atoms. The molecule has 2 amide bonds. The fourth-order valence-corrected chi connectivity index (χ4v) is 2.05. The number of carboxylic acids is 1. The molecule has 19 heavy (non-hydrogen) atoms. The van der Waals surface area contributed by atoms with Crippen LogP contribution < -0.4 is 0 Å². The number of fused-ring (bicyclic) bond motifs is 1. The molecule has 1 aromatic rings. The van der Waals surface area contributed by atoms with Crippen molar-refractivity contribution in [1.29, 1.82) is 0 Å². The number of carbonyl (C=O) groups excluding carboxylic acids is 3. The fourth-order valence-electron chi connectivity index (χ4n) is 2.05. The molecule has 0 aromatic heterocycles. The summed E-state index contributed by atoms with van der Waals surface area (Å²) in [6.07, 6.45) is -0.388. The Labute approximate surface area is 108 Å². The number of hydrogen-bond acceptors (Lipinski definition) is 4. The lowest BCUT2D eigenvalue weighted by atomic mass is 10.1. The quantitative estimate of drug-likeness (QED) is 0.806. The number of ketones is 1. The van der Waals surface area contributed by atoms with Gasteiger partial charge in [0.25, 0.3) is 11.8 Å². The van der Waals surface area contributed by atoms with Crippen LogP contribution in [0.4, 0.5) is 0 Å². The summed E-state index contributed by atoms with van der Waals surface area (Å²) in [6, 6.07) is 4.65. The molecule has 1 N–H and O–H groups in total. The van der Waals surface area contributed by atoms with E-state index < -0.39 is 29.6 Å². The molecule has 0 bridgehead atoms. The molecular formula is C13H11NO5. The molecule has 2 rings (SSSR count). The second-order valence-electron chi connectivity index (χ2n) is 4.29. The Bertz CT molecular complexity index is 557. The highest BCUT2D eigenvalue weighted by Gasteiger charge is 2.43. The van der Waals surface area contributed by atoms with Gasteiger partial charge in [0.1, 0.15) is 11.8 Å². The van der Waals surface area contributed by atoms with Gasteiger partial charge in [0.05, 0.1) is 11.1 Å². The number of imide groups is 1. The number of nitrogens with zero attached hydrogens (tertiary/aromatic N) is 1.